The lowest BCUT2D eigenvalue weighted by atomic mass is 10.2. The van der Waals surface area contributed by atoms with Crippen LogP contribution in [0, 0.1) is 13.8 Å². The number of hydrogen-bond donors (Lipinski definition) is 3. The maximum Gasteiger partial charge on any atom is 0.323 e. The van der Waals surface area contributed by atoms with E-state index in [1.54, 1.807) is 37.6 Å². The van der Waals surface area contributed by atoms with Crippen molar-refractivity contribution in [2.45, 2.75) is 13.8 Å². The molecule has 0 bridgehead atoms. The number of hydrogen-bond acceptors (Lipinski definition) is 6. The third kappa shape index (κ3) is 5.43. The van der Waals surface area contributed by atoms with Crippen molar-refractivity contribution in [2.24, 2.45) is 0 Å². The van der Waals surface area contributed by atoms with E-state index in [-0.39, 0.29) is 6.03 Å². The van der Waals surface area contributed by atoms with Gasteiger partial charge in [-0.15, -0.1) is 0 Å². The summed E-state index contributed by atoms with van der Waals surface area (Å²) in [5.41, 5.74) is 4.75. The SMILES string of the molecule is CNc1nccc(-c2cccnc2Oc2ccc(NC(=O)Nc3cccc(C)c3)cc2C)n1. The van der Waals surface area contributed by atoms with Gasteiger partial charge in [-0.05, 0) is 73.5 Å². The van der Waals surface area contributed by atoms with Crippen LogP contribution >= 0.6 is 0 Å². The van der Waals surface area contributed by atoms with Gasteiger partial charge in [-0.25, -0.2) is 19.7 Å². The molecule has 8 nitrogen and oxygen atoms in total. The molecule has 8 heteroatoms. The molecule has 2 aromatic heterocycles. The van der Waals surface area contributed by atoms with E-state index in [1.165, 1.54) is 0 Å². The van der Waals surface area contributed by atoms with E-state index in [2.05, 4.69) is 30.9 Å². The number of pyridine rings is 1. The Morgan fingerprint density at radius 1 is 0.879 bits per heavy atom. The van der Waals surface area contributed by atoms with Crippen molar-refractivity contribution in [3.05, 3.63) is 84.2 Å². The van der Waals surface area contributed by atoms with Gasteiger partial charge in [0.05, 0.1) is 11.3 Å². The number of nitrogens with one attached hydrogen (secondary N) is 3. The van der Waals surface area contributed by atoms with Gasteiger partial charge in [-0.1, -0.05) is 12.1 Å². The Kier molecular flexibility index (Phi) is 6.45. The van der Waals surface area contributed by atoms with Crippen molar-refractivity contribution in [1.82, 2.24) is 15.0 Å². The van der Waals surface area contributed by atoms with E-state index in [9.17, 15) is 4.79 Å². The zero-order valence-electron chi connectivity index (χ0n) is 18.6. The molecule has 0 radical (unpaired) electrons. The van der Waals surface area contributed by atoms with Crippen molar-refractivity contribution in [2.75, 3.05) is 23.0 Å². The second-order valence-electron chi connectivity index (χ2n) is 7.40. The van der Waals surface area contributed by atoms with E-state index in [4.69, 9.17) is 4.74 Å². The highest BCUT2D eigenvalue weighted by atomic mass is 16.5. The van der Waals surface area contributed by atoms with Crippen LogP contribution in [0.3, 0.4) is 0 Å². The summed E-state index contributed by atoms with van der Waals surface area (Å²) in [5.74, 6) is 1.57. The van der Waals surface area contributed by atoms with Gasteiger partial charge in [0.15, 0.2) is 0 Å². The standard InChI is InChI=1S/C25H24N6O2/c1-16-6-4-7-18(14-16)29-25(32)30-19-9-10-22(17(2)15-19)33-23-20(8-5-12-27-23)21-11-13-28-24(26-3)31-21/h4-15H,1-3H3,(H,26,28,31)(H2,29,30,32). The highest BCUT2D eigenvalue weighted by Crippen LogP contribution is 2.32. The first kappa shape index (κ1) is 21.8. The number of urea groups is 1. The summed E-state index contributed by atoms with van der Waals surface area (Å²) in [4.78, 5) is 25.4. The van der Waals surface area contributed by atoms with Gasteiger partial charge in [-0.2, -0.15) is 0 Å². The minimum Gasteiger partial charge on any atom is -0.438 e. The maximum atomic E-state index is 12.4. The molecular formula is C25H24N6O2. The molecule has 0 unspecified atom stereocenters. The number of benzene rings is 2. The quantitative estimate of drug-likeness (QED) is 0.359. The number of amides is 2. The zero-order valence-corrected chi connectivity index (χ0v) is 18.6. The van der Waals surface area contributed by atoms with Crippen LogP contribution in [0.15, 0.2) is 73.1 Å². The molecule has 33 heavy (non-hydrogen) atoms. The molecule has 2 aromatic carbocycles. The number of aromatic nitrogens is 3. The van der Waals surface area contributed by atoms with Gasteiger partial charge < -0.3 is 20.7 Å². The number of carbonyl (C=O) groups is 1. The van der Waals surface area contributed by atoms with Gasteiger partial charge in [0.2, 0.25) is 11.8 Å². The smallest absolute Gasteiger partial charge is 0.323 e. The molecule has 4 rings (SSSR count). The number of nitrogens with zero attached hydrogens (tertiary/aromatic N) is 3. The number of ether oxygens (including phenoxy) is 1. The molecule has 0 aliphatic carbocycles. The summed E-state index contributed by atoms with van der Waals surface area (Å²) < 4.78 is 6.12. The van der Waals surface area contributed by atoms with Crippen molar-refractivity contribution >= 4 is 23.4 Å². The summed E-state index contributed by atoms with van der Waals surface area (Å²) in [6.45, 7) is 3.88. The predicted octanol–water partition coefficient (Wildman–Crippen LogP) is 5.63. The third-order valence-corrected chi connectivity index (χ3v) is 4.84. The van der Waals surface area contributed by atoms with Crippen molar-refractivity contribution in [3.8, 4) is 22.9 Å². The summed E-state index contributed by atoms with van der Waals surface area (Å²) >= 11 is 0. The fourth-order valence-corrected chi connectivity index (χ4v) is 3.26. The van der Waals surface area contributed by atoms with E-state index in [0.29, 0.717) is 29.0 Å². The highest BCUT2D eigenvalue weighted by Gasteiger charge is 2.13. The molecule has 0 spiro atoms. The topological polar surface area (TPSA) is 101 Å². The molecule has 0 saturated carbocycles. The van der Waals surface area contributed by atoms with Crippen LogP contribution in [0.4, 0.5) is 22.1 Å². The first-order valence-corrected chi connectivity index (χ1v) is 10.4. The summed E-state index contributed by atoms with van der Waals surface area (Å²) in [5, 5.41) is 8.61. The van der Waals surface area contributed by atoms with Gasteiger partial charge in [0, 0.05) is 30.8 Å². The number of carbonyl (C=O) groups excluding carboxylic acids is 1. The fourth-order valence-electron chi connectivity index (χ4n) is 3.26. The van der Waals surface area contributed by atoms with E-state index in [0.717, 1.165) is 22.4 Å². The molecule has 2 heterocycles. The van der Waals surface area contributed by atoms with Crippen LogP contribution in [0.25, 0.3) is 11.3 Å². The Hall–Kier alpha value is -4.46. The third-order valence-electron chi connectivity index (χ3n) is 4.84. The Labute approximate surface area is 192 Å². The summed E-state index contributed by atoms with van der Waals surface area (Å²) in [7, 11) is 1.76. The Morgan fingerprint density at radius 3 is 2.45 bits per heavy atom. The average Bonchev–Trinajstić information content (AvgIpc) is 2.81. The molecule has 3 N–H and O–H groups in total. The molecule has 2 amide bonds. The van der Waals surface area contributed by atoms with Crippen LogP contribution in [-0.2, 0) is 0 Å². The normalized spacial score (nSPS) is 10.4. The molecule has 0 atom stereocenters. The Morgan fingerprint density at radius 2 is 1.70 bits per heavy atom. The second kappa shape index (κ2) is 9.78. The number of aryl methyl sites for hydroxylation is 2. The van der Waals surface area contributed by atoms with Crippen LogP contribution in [0.5, 0.6) is 11.6 Å². The first-order chi connectivity index (χ1) is 16.0. The minimum atomic E-state index is -0.315. The van der Waals surface area contributed by atoms with E-state index >= 15 is 0 Å². The lowest BCUT2D eigenvalue weighted by Crippen LogP contribution is -2.19. The minimum absolute atomic E-state index is 0.315. The van der Waals surface area contributed by atoms with Gasteiger partial charge in [-0.3, -0.25) is 0 Å². The zero-order chi connectivity index (χ0) is 23.2. The molecule has 0 saturated heterocycles. The molecule has 4 aromatic rings. The lowest BCUT2D eigenvalue weighted by molar-refractivity contribution is 0.262. The van der Waals surface area contributed by atoms with Crippen molar-refractivity contribution < 1.29 is 9.53 Å². The lowest BCUT2D eigenvalue weighted by Gasteiger charge is -2.13. The molecule has 0 aliphatic rings. The molecule has 0 fully saturated rings. The van der Waals surface area contributed by atoms with Crippen molar-refractivity contribution in [1.29, 1.82) is 0 Å². The number of rotatable bonds is 6. The molecule has 0 aliphatic heterocycles. The van der Waals surface area contributed by atoms with Crippen LogP contribution in [0.1, 0.15) is 11.1 Å². The van der Waals surface area contributed by atoms with Gasteiger partial charge in [0.1, 0.15) is 5.75 Å². The van der Waals surface area contributed by atoms with Gasteiger partial charge in [0.25, 0.3) is 0 Å². The average molecular weight is 441 g/mol. The Bertz CT molecular complexity index is 1290. The highest BCUT2D eigenvalue weighted by molar-refractivity contribution is 5.99. The summed E-state index contributed by atoms with van der Waals surface area (Å²) in [6.07, 6.45) is 3.35. The predicted molar refractivity (Wildman–Crippen MR) is 130 cm³/mol. The first-order valence-electron chi connectivity index (χ1n) is 10.4. The second-order valence-corrected chi connectivity index (χ2v) is 7.40. The monoisotopic (exact) mass is 440 g/mol. The fraction of sp³-hybridized carbons (Fsp3) is 0.120. The largest absolute Gasteiger partial charge is 0.438 e. The molecular weight excluding hydrogens is 416 g/mol. The summed E-state index contributed by atoms with van der Waals surface area (Å²) in [6, 6.07) is 18.3. The van der Waals surface area contributed by atoms with E-state index < -0.39 is 0 Å². The van der Waals surface area contributed by atoms with Crippen molar-refractivity contribution in [3.63, 3.8) is 0 Å². The Balaban J connectivity index is 1.50. The van der Waals surface area contributed by atoms with Crippen LogP contribution in [-0.4, -0.2) is 28.0 Å². The molecule has 166 valence electrons. The van der Waals surface area contributed by atoms with Gasteiger partial charge >= 0.3 is 6.03 Å². The number of anilines is 3. The van der Waals surface area contributed by atoms with Crippen LogP contribution < -0.4 is 20.7 Å². The van der Waals surface area contributed by atoms with E-state index in [1.807, 2.05) is 56.3 Å². The maximum absolute atomic E-state index is 12.4. The van der Waals surface area contributed by atoms with Crippen LogP contribution in [0.2, 0.25) is 0 Å².